The maximum Gasteiger partial charge on any atom is 0.240 e. The van der Waals surface area contributed by atoms with Crippen molar-refractivity contribution in [1.82, 2.24) is 24.1 Å². The Bertz CT molecular complexity index is 3920. The Morgan fingerprint density at radius 3 is 1.28 bits per heavy atom. The van der Waals surface area contributed by atoms with Crippen LogP contribution >= 0.6 is 0 Å². The summed E-state index contributed by atoms with van der Waals surface area (Å²) in [6, 6.07) is 22.8. The van der Waals surface area contributed by atoms with E-state index in [1.807, 2.05) is 97.1 Å². The monoisotopic (exact) mass is 743 g/mol. The standard InChI is InChI=1S/C52H33N5/c1-3-18-34(19-4-1)52(35-20-5-2-6-21-35)42-28-12-7-26-40(42)48-41(27-17-29-43(48)52)49-53-50(56-44-30-13-8-22-36(44)37-23-9-14-31-45(37)56)55-51(54-49)57-46-32-15-10-24-38(46)39-25-11-16-33-47(39)57/h1-33H/i8D,9D,10D,11D,13D,14D,15D,16D,22D,23D,24D,25D,30D,31D,32D,33D. The third-order valence-corrected chi connectivity index (χ3v) is 10.8. The van der Waals surface area contributed by atoms with Crippen LogP contribution in [0.3, 0.4) is 0 Å². The molecule has 0 radical (unpaired) electrons. The van der Waals surface area contributed by atoms with Crippen LogP contribution in [0, 0.1) is 0 Å². The quantitative estimate of drug-likeness (QED) is 0.176. The van der Waals surface area contributed by atoms with Crippen molar-refractivity contribution in [2.24, 2.45) is 0 Å². The van der Waals surface area contributed by atoms with Crippen molar-refractivity contribution in [3.8, 4) is 34.4 Å². The average Bonchev–Trinajstić information content (AvgIpc) is 4.07. The van der Waals surface area contributed by atoms with Crippen LogP contribution in [0.1, 0.15) is 44.2 Å². The number of fused-ring (bicyclic) bond motifs is 9. The highest BCUT2D eigenvalue weighted by atomic mass is 15.3. The summed E-state index contributed by atoms with van der Waals surface area (Å²) in [7, 11) is 0. The first-order chi connectivity index (χ1) is 34.9. The summed E-state index contributed by atoms with van der Waals surface area (Å²) in [5.41, 5.74) is 3.19. The molecule has 0 amide bonds. The molecule has 5 heteroatoms. The van der Waals surface area contributed by atoms with E-state index in [2.05, 4.69) is 0 Å². The Morgan fingerprint density at radius 1 is 0.386 bits per heavy atom. The van der Waals surface area contributed by atoms with Crippen molar-refractivity contribution >= 4 is 43.6 Å². The average molecular weight is 744 g/mol. The summed E-state index contributed by atoms with van der Waals surface area (Å²) in [5.74, 6) is -1.06. The van der Waals surface area contributed by atoms with Gasteiger partial charge >= 0.3 is 0 Å². The van der Waals surface area contributed by atoms with E-state index in [4.69, 9.17) is 31.4 Å². The highest BCUT2D eigenvalue weighted by molar-refractivity contribution is 6.10. The SMILES string of the molecule is [2H]c1c([2H])c([2H])c2c(c1[2H])c1c([2H])c([2H])c([2H])c([2H])c1n2-c1nc(-c2cccc3c2-c2ccccc2C3(c2ccccc2)c2ccccc2)nc(-n2c3c([2H])c([2H])c([2H])c([2H])c3c3c([2H])c([2H])c([2H])c([2H])c32)n1. The molecule has 3 aromatic heterocycles. The molecule has 5 nitrogen and oxygen atoms in total. The lowest BCUT2D eigenvalue weighted by Crippen LogP contribution is -2.28. The summed E-state index contributed by atoms with van der Waals surface area (Å²) < 4.78 is 146. The van der Waals surface area contributed by atoms with Gasteiger partial charge < -0.3 is 0 Å². The van der Waals surface area contributed by atoms with Gasteiger partial charge in [-0.3, -0.25) is 9.13 Å². The molecule has 0 unspecified atom stereocenters. The van der Waals surface area contributed by atoms with Gasteiger partial charge in [0.25, 0.3) is 0 Å². The van der Waals surface area contributed by atoms with E-state index in [-0.39, 0.29) is 49.4 Å². The van der Waals surface area contributed by atoms with Crippen molar-refractivity contribution in [1.29, 1.82) is 0 Å². The normalized spacial score (nSPS) is 17.0. The summed E-state index contributed by atoms with van der Waals surface area (Å²) >= 11 is 0. The fraction of sp³-hybridized carbons (Fsp3) is 0.0192. The molecule has 12 rings (SSSR count). The predicted octanol–water partition coefficient (Wildman–Crippen LogP) is 12.1. The number of rotatable bonds is 5. The second kappa shape index (κ2) is 12.2. The van der Waals surface area contributed by atoms with E-state index in [9.17, 15) is 5.48 Å². The largest absolute Gasteiger partial charge is 0.278 e. The molecule has 0 saturated carbocycles. The highest BCUT2D eigenvalue weighted by Gasteiger charge is 2.47. The Morgan fingerprint density at radius 2 is 0.789 bits per heavy atom. The van der Waals surface area contributed by atoms with Gasteiger partial charge in [-0.2, -0.15) is 15.0 Å². The van der Waals surface area contributed by atoms with E-state index in [1.165, 1.54) is 0 Å². The molecular formula is C52H33N5. The van der Waals surface area contributed by atoms with Crippen LogP contribution in [0.2, 0.25) is 0 Å². The molecular weight excluding hydrogens is 695 g/mol. The first-order valence-corrected chi connectivity index (χ1v) is 18.1. The van der Waals surface area contributed by atoms with E-state index < -0.39 is 114 Å². The minimum absolute atomic E-state index is 0.128. The fourth-order valence-corrected chi connectivity index (χ4v) is 8.60. The molecule has 0 N–H and O–H groups in total. The third-order valence-electron chi connectivity index (χ3n) is 10.8. The molecule has 57 heavy (non-hydrogen) atoms. The summed E-state index contributed by atoms with van der Waals surface area (Å²) in [5, 5.41) is -1.05. The van der Waals surface area contributed by atoms with Crippen LogP contribution < -0.4 is 0 Å². The molecule has 1 aliphatic carbocycles. The number of para-hydroxylation sites is 4. The predicted molar refractivity (Wildman–Crippen MR) is 231 cm³/mol. The zero-order valence-electron chi connectivity index (χ0n) is 45.6. The zero-order chi connectivity index (χ0) is 51.4. The lowest BCUT2D eigenvalue weighted by atomic mass is 9.67. The summed E-state index contributed by atoms with van der Waals surface area (Å²) in [6.45, 7) is 0. The topological polar surface area (TPSA) is 48.5 Å². The molecule has 0 saturated heterocycles. The molecule has 0 spiro atoms. The van der Waals surface area contributed by atoms with Crippen LogP contribution in [0.25, 0.3) is 78.0 Å². The van der Waals surface area contributed by atoms with E-state index >= 15 is 0 Å². The number of benzene rings is 8. The van der Waals surface area contributed by atoms with Gasteiger partial charge in [0.2, 0.25) is 11.9 Å². The summed E-state index contributed by atoms with van der Waals surface area (Å²) in [6.07, 6.45) is 0. The minimum Gasteiger partial charge on any atom is -0.278 e. The van der Waals surface area contributed by atoms with Gasteiger partial charge in [-0.15, -0.1) is 0 Å². The molecule has 11 aromatic rings. The van der Waals surface area contributed by atoms with Crippen LogP contribution in [-0.4, -0.2) is 24.1 Å². The van der Waals surface area contributed by atoms with E-state index in [0.29, 0.717) is 11.1 Å². The molecule has 266 valence electrons. The smallest absolute Gasteiger partial charge is 0.240 e. The Balaban J connectivity index is 1.32. The minimum atomic E-state index is -0.929. The highest BCUT2D eigenvalue weighted by Crippen LogP contribution is 2.58. The second-order valence-electron chi connectivity index (χ2n) is 13.6. The number of nitrogens with zero attached hydrogens (tertiary/aromatic N) is 5. The molecule has 3 heterocycles. The second-order valence-corrected chi connectivity index (χ2v) is 13.6. The first kappa shape index (κ1) is 19.8. The molecule has 0 bridgehead atoms. The maximum absolute atomic E-state index is 9.33. The maximum atomic E-state index is 9.33. The van der Waals surface area contributed by atoms with Crippen LogP contribution in [0.4, 0.5) is 0 Å². The first-order valence-electron chi connectivity index (χ1n) is 26.1. The van der Waals surface area contributed by atoms with Gasteiger partial charge in [0.15, 0.2) is 5.82 Å². The van der Waals surface area contributed by atoms with Gasteiger partial charge in [0.1, 0.15) is 0 Å². The molecule has 0 aliphatic heterocycles. The number of hydrogen-bond acceptors (Lipinski definition) is 3. The van der Waals surface area contributed by atoms with Crippen molar-refractivity contribution in [2.45, 2.75) is 5.41 Å². The van der Waals surface area contributed by atoms with E-state index in [1.54, 1.807) is 6.07 Å². The Labute approximate surface area is 351 Å². The molecule has 8 aromatic carbocycles. The van der Waals surface area contributed by atoms with Gasteiger partial charge in [0.05, 0.1) is 49.4 Å². The van der Waals surface area contributed by atoms with Gasteiger partial charge in [-0.05, 0) is 57.6 Å². The van der Waals surface area contributed by atoms with Gasteiger partial charge in [-0.25, -0.2) is 0 Å². The van der Waals surface area contributed by atoms with Crippen molar-refractivity contribution in [3.63, 3.8) is 0 Å². The molecule has 0 fully saturated rings. The Kier molecular flexibility index (Phi) is 4.23. The molecule has 1 aliphatic rings. The van der Waals surface area contributed by atoms with Gasteiger partial charge in [-0.1, -0.05) is 176 Å². The Hall–Kier alpha value is -7.63. The molecule has 0 atom stereocenters. The van der Waals surface area contributed by atoms with Crippen LogP contribution in [0.5, 0.6) is 0 Å². The number of aromatic nitrogens is 5. The lowest BCUT2D eigenvalue weighted by Gasteiger charge is -2.33. The van der Waals surface area contributed by atoms with Crippen LogP contribution in [0.15, 0.2) is 200 Å². The van der Waals surface area contributed by atoms with E-state index in [0.717, 1.165) is 37.0 Å². The van der Waals surface area contributed by atoms with Crippen molar-refractivity contribution in [2.75, 3.05) is 0 Å². The fourth-order valence-electron chi connectivity index (χ4n) is 8.60. The number of hydrogen-bond donors (Lipinski definition) is 0. The van der Waals surface area contributed by atoms with Crippen molar-refractivity contribution < 1.29 is 21.9 Å². The lowest BCUT2D eigenvalue weighted by molar-refractivity contribution is 0.768. The van der Waals surface area contributed by atoms with Gasteiger partial charge in [0, 0.05) is 27.1 Å². The van der Waals surface area contributed by atoms with Crippen molar-refractivity contribution in [3.05, 3.63) is 222 Å². The van der Waals surface area contributed by atoms with Crippen LogP contribution in [-0.2, 0) is 5.41 Å². The third kappa shape index (κ3) is 4.42. The zero-order valence-corrected chi connectivity index (χ0v) is 29.6. The summed E-state index contributed by atoms with van der Waals surface area (Å²) in [4.78, 5) is 15.0.